The van der Waals surface area contributed by atoms with Gasteiger partial charge in [-0.05, 0) is 19.1 Å². The smallest absolute Gasteiger partial charge is 0.207 e. The molecule has 170 valence electrons. The second-order valence-electron chi connectivity index (χ2n) is 8.90. The third kappa shape index (κ3) is 2.28. The normalized spacial score (nSPS) is 32.1. The van der Waals surface area contributed by atoms with Crippen molar-refractivity contribution in [2.75, 3.05) is 5.73 Å². The number of ether oxygens (including phenoxy) is 1. The molecule has 0 bridgehead atoms. The maximum absolute atomic E-state index is 13.1. The van der Waals surface area contributed by atoms with Gasteiger partial charge in [-0.2, -0.15) is 0 Å². The summed E-state index contributed by atoms with van der Waals surface area (Å²) >= 11 is 0. The number of hydrogen-bond donors (Lipinski definition) is 4. The summed E-state index contributed by atoms with van der Waals surface area (Å²) in [4.78, 5) is 12.0. The number of nitrogen functional groups attached to an aromatic ring is 1. The molecule has 1 aromatic carbocycles. The van der Waals surface area contributed by atoms with E-state index in [1.165, 1.54) is 29.4 Å². The van der Waals surface area contributed by atoms with Crippen molar-refractivity contribution in [3.8, 4) is 0 Å². The molecule has 11 nitrogen and oxygen atoms in total. The van der Waals surface area contributed by atoms with Gasteiger partial charge in [0.25, 0.3) is 0 Å². The van der Waals surface area contributed by atoms with E-state index in [1.807, 2.05) is 0 Å². The topological polar surface area (TPSA) is 174 Å². The minimum Gasteiger partial charge on any atom is -0.383 e. The number of fused-ring (bicyclic) bond motifs is 2. The highest BCUT2D eigenvalue weighted by Gasteiger charge is 2.94. The predicted molar refractivity (Wildman–Crippen MR) is 112 cm³/mol. The molecule has 2 aliphatic rings. The van der Waals surface area contributed by atoms with E-state index in [9.17, 15) is 23.7 Å². The van der Waals surface area contributed by atoms with E-state index in [-0.39, 0.29) is 21.9 Å². The molecular weight excluding hydrogens is 438 g/mol. The molecule has 3 heterocycles. The van der Waals surface area contributed by atoms with E-state index in [0.29, 0.717) is 0 Å². The lowest BCUT2D eigenvalue weighted by molar-refractivity contribution is -0.131. The van der Waals surface area contributed by atoms with Gasteiger partial charge < -0.3 is 25.8 Å². The number of sulfone groups is 1. The number of aryl methyl sites for hydroxylation is 1. The van der Waals surface area contributed by atoms with Crippen LogP contribution in [0.15, 0.2) is 41.8 Å². The Morgan fingerprint density at radius 3 is 2.44 bits per heavy atom. The van der Waals surface area contributed by atoms with Crippen LogP contribution in [0.3, 0.4) is 0 Å². The summed E-state index contributed by atoms with van der Waals surface area (Å²) in [5.74, 6) is 0.114. The van der Waals surface area contributed by atoms with E-state index in [2.05, 4.69) is 15.0 Å². The van der Waals surface area contributed by atoms with Gasteiger partial charge in [0.1, 0.15) is 29.2 Å². The first-order chi connectivity index (χ1) is 14.9. The molecule has 12 heteroatoms. The average Bonchev–Trinajstić information content (AvgIpc) is 3.11. The molecular formula is C20H23N5O6S. The molecule has 0 amide bonds. The number of aromatic nitrogens is 4. The molecule has 1 unspecified atom stereocenters. The van der Waals surface area contributed by atoms with Crippen LogP contribution in [-0.2, 0) is 14.6 Å². The summed E-state index contributed by atoms with van der Waals surface area (Å²) in [6, 6.07) is 5.95. The zero-order chi connectivity index (χ0) is 23.3. The minimum absolute atomic E-state index is 0.114. The second-order valence-corrected chi connectivity index (χ2v) is 10.9. The van der Waals surface area contributed by atoms with Gasteiger partial charge in [0.05, 0.1) is 11.2 Å². The molecule has 0 radical (unpaired) electrons. The zero-order valence-electron chi connectivity index (χ0n) is 17.5. The summed E-state index contributed by atoms with van der Waals surface area (Å²) in [7, 11) is -4.31. The second kappa shape index (κ2) is 6.23. The van der Waals surface area contributed by atoms with Gasteiger partial charge in [0, 0.05) is 5.41 Å². The fourth-order valence-electron chi connectivity index (χ4n) is 4.91. The Bertz CT molecular complexity index is 1340. The third-order valence-corrected chi connectivity index (χ3v) is 8.85. The van der Waals surface area contributed by atoms with Crippen molar-refractivity contribution in [1.29, 1.82) is 0 Å². The standard InChI is InChI=1S/C20H23N5O6S/c1-10-4-6-11(7-5-10)32(29,30)16(26)13-19(27)18(2,3)20(19,28)17(31-13)25-9-24-12-14(21)22-8-23-15(12)25/h4-9,13,16-17,26-28H,1-3H3,(H2,21,22,23)/t13-,16?,17-,19+,20-/m1/s1. The molecule has 3 aromatic rings. The van der Waals surface area contributed by atoms with Gasteiger partial charge in [-0.25, -0.2) is 23.4 Å². The van der Waals surface area contributed by atoms with Crippen molar-refractivity contribution in [2.45, 2.75) is 54.6 Å². The maximum Gasteiger partial charge on any atom is 0.207 e. The number of nitrogens with zero attached hydrogens (tertiary/aromatic N) is 4. The number of aliphatic hydroxyl groups excluding tert-OH is 1. The highest BCUT2D eigenvalue weighted by Crippen LogP contribution is 2.76. The Kier molecular flexibility index (Phi) is 4.13. The fraction of sp³-hybridized carbons (Fsp3) is 0.450. The van der Waals surface area contributed by atoms with Crippen molar-refractivity contribution in [3.63, 3.8) is 0 Å². The Labute approximate surface area is 183 Å². The maximum atomic E-state index is 13.1. The number of nitrogens with two attached hydrogens (primary N) is 1. The Hall–Kier alpha value is -2.64. The SMILES string of the molecule is Cc1ccc(S(=O)(=O)C(O)[C@H]2O[C@@H](n3cnc4c(N)ncnc43)[C@@]3(O)C(C)(C)[C@@]23O)cc1. The first-order valence-electron chi connectivity index (χ1n) is 9.91. The van der Waals surface area contributed by atoms with Gasteiger partial charge in [-0.15, -0.1) is 0 Å². The number of hydrogen-bond acceptors (Lipinski definition) is 10. The lowest BCUT2D eigenvalue weighted by Gasteiger charge is -2.30. The molecule has 2 aromatic heterocycles. The van der Waals surface area contributed by atoms with Gasteiger partial charge in [-0.1, -0.05) is 31.5 Å². The Balaban J connectivity index is 1.60. The first kappa shape index (κ1) is 21.2. The molecule has 1 aliphatic heterocycles. The third-order valence-electron chi connectivity index (χ3n) is 7.04. The molecule has 0 spiro atoms. The molecule has 2 fully saturated rings. The summed E-state index contributed by atoms with van der Waals surface area (Å²) in [5, 5.41) is 33.9. The molecule has 5 atom stereocenters. The quantitative estimate of drug-likeness (QED) is 0.411. The average molecular weight is 462 g/mol. The van der Waals surface area contributed by atoms with Gasteiger partial charge in [0.2, 0.25) is 9.84 Å². The van der Waals surface area contributed by atoms with Crippen LogP contribution in [0.2, 0.25) is 0 Å². The van der Waals surface area contributed by atoms with Crippen LogP contribution in [0.25, 0.3) is 11.2 Å². The molecule has 1 saturated heterocycles. The van der Waals surface area contributed by atoms with Crippen molar-refractivity contribution >= 4 is 26.8 Å². The lowest BCUT2D eigenvalue weighted by Crippen LogP contribution is -2.46. The number of imidazole rings is 1. The molecule has 1 aliphatic carbocycles. The Morgan fingerprint density at radius 2 is 1.78 bits per heavy atom. The Morgan fingerprint density at radius 1 is 1.12 bits per heavy atom. The van der Waals surface area contributed by atoms with E-state index in [1.54, 1.807) is 32.9 Å². The number of anilines is 1. The van der Waals surface area contributed by atoms with Crippen molar-refractivity contribution in [1.82, 2.24) is 19.5 Å². The molecule has 5 N–H and O–H groups in total. The van der Waals surface area contributed by atoms with E-state index in [0.717, 1.165) is 5.56 Å². The molecule has 32 heavy (non-hydrogen) atoms. The summed E-state index contributed by atoms with van der Waals surface area (Å²) in [6.07, 6.45) is -0.394. The van der Waals surface area contributed by atoms with E-state index in [4.69, 9.17) is 10.5 Å². The number of aliphatic hydroxyl groups is 3. The highest BCUT2D eigenvalue weighted by molar-refractivity contribution is 7.92. The van der Waals surface area contributed by atoms with Crippen LogP contribution < -0.4 is 5.73 Å². The summed E-state index contributed by atoms with van der Waals surface area (Å²) < 4.78 is 33.4. The highest BCUT2D eigenvalue weighted by atomic mass is 32.2. The predicted octanol–water partition coefficient (Wildman–Crippen LogP) is -0.0914. The molecule has 1 saturated carbocycles. The van der Waals surface area contributed by atoms with Crippen LogP contribution >= 0.6 is 0 Å². The van der Waals surface area contributed by atoms with E-state index < -0.39 is 44.2 Å². The van der Waals surface area contributed by atoms with Gasteiger partial charge in [-0.3, -0.25) is 4.57 Å². The van der Waals surface area contributed by atoms with Crippen molar-refractivity contribution < 1.29 is 28.5 Å². The van der Waals surface area contributed by atoms with Crippen LogP contribution in [0.4, 0.5) is 5.82 Å². The minimum atomic E-state index is -4.31. The fourth-order valence-corrected chi connectivity index (χ4v) is 6.29. The monoisotopic (exact) mass is 461 g/mol. The van der Waals surface area contributed by atoms with E-state index >= 15 is 0 Å². The summed E-state index contributed by atoms with van der Waals surface area (Å²) in [5.41, 5.74) is -0.162. The van der Waals surface area contributed by atoms with Gasteiger partial charge >= 0.3 is 0 Å². The zero-order valence-corrected chi connectivity index (χ0v) is 18.4. The van der Waals surface area contributed by atoms with Crippen molar-refractivity contribution in [2.24, 2.45) is 5.41 Å². The number of rotatable bonds is 4. The van der Waals surface area contributed by atoms with Crippen molar-refractivity contribution in [3.05, 3.63) is 42.5 Å². The van der Waals surface area contributed by atoms with Crippen LogP contribution in [0.1, 0.15) is 25.6 Å². The lowest BCUT2D eigenvalue weighted by atomic mass is 10.0. The number of benzene rings is 1. The van der Waals surface area contributed by atoms with Gasteiger partial charge in [0.15, 0.2) is 23.1 Å². The van der Waals surface area contributed by atoms with Crippen LogP contribution in [-0.4, -0.2) is 66.0 Å². The summed E-state index contributed by atoms with van der Waals surface area (Å²) in [6.45, 7) is 4.95. The van der Waals surface area contributed by atoms with Crippen LogP contribution in [0.5, 0.6) is 0 Å². The van der Waals surface area contributed by atoms with Crippen LogP contribution in [0, 0.1) is 12.3 Å². The first-order valence-corrected chi connectivity index (χ1v) is 11.5. The largest absolute Gasteiger partial charge is 0.383 e. The molecule has 5 rings (SSSR count).